The van der Waals surface area contributed by atoms with E-state index in [4.69, 9.17) is 27.9 Å². The molecule has 0 aliphatic rings. The minimum atomic E-state index is -0.796. The molecular formula is C16H17Cl2N3O3S. The van der Waals surface area contributed by atoms with Crippen LogP contribution in [0, 0.1) is 0 Å². The van der Waals surface area contributed by atoms with Crippen molar-refractivity contribution < 1.29 is 14.3 Å². The molecule has 1 heterocycles. The minimum absolute atomic E-state index is 0.229. The van der Waals surface area contributed by atoms with Gasteiger partial charge in [0, 0.05) is 35.1 Å². The third-order valence-electron chi connectivity index (χ3n) is 3.33. The smallest absolute Gasteiger partial charge is 0.328 e. The van der Waals surface area contributed by atoms with Crippen LogP contribution in [-0.2, 0) is 27.3 Å². The number of aromatic nitrogens is 1. The molecule has 6 nitrogen and oxygen atoms in total. The topological polar surface area (TPSA) is 80.3 Å². The molecule has 1 atom stereocenters. The van der Waals surface area contributed by atoms with E-state index in [9.17, 15) is 9.59 Å². The van der Waals surface area contributed by atoms with Gasteiger partial charge in [-0.15, -0.1) is 11.3 Å². The molecule has 2 aromatic rings. The molecule has 134 valence electrons. The van der Waals surface area contributed by atoms with Gasteiger partial charge in [0.25, 0.3) is 0 Å². The Hall–Kier alpha value is -1.83. The Morgan fingerprint density at radius 1 is 1.36 bits per heavy atom. The van der Waals surface area contributed by atoms with Crippen molar-refractivity contribution in [3.8, 4) is 0 Å². The summed E-state index contributed by atoms with van der Waals surface area (Å²) >= 11 is 13.4. The molecular weight excluding hydrogens is 385 g/mol. The molecule has 2 N–H and O–H groups in total. The van der Waals surface area contributed by atoms with Crippen LogP contribution in [0.2, 0.25) is 9.49 Å². The zero-order valence-corrected chi connectivity index (χ0v) is 16.0. The fraction of sp³-hybridized carbons (Fsp3) is 0.312. The van der Waals surface area contributed by atoms with Gasteiger partial charge < -0.3 is 15.4 Å². The number of carbonyl (C=O) groups excluding carboxylic acids is 2. The number of benzene rings is 1. The fourth-order valence-corrected chi connectivity index (χ4v) is 3.31. The summed E-state index contributed by atoms with van der Waals surface area (Å²) in [6.45, 7) is 1.91. The monoisotopic (exact) mass is 401 g/mol. The summed E-state index contributed by atoms with van der Waals surface area (Å²) in [7, 11) is 1.27. The highest BCUT2D eigenvalue weighted by molar-refractivity contribution is 7.15. The Kier molecular flexibility index (Phi) is 7.04. The minimum Gasteiger partial charge on any atom is -0.467 e. The maximum absolute atomic E-state index is 11.8. The van der Waals surface area contributed by atoms with Crippen molar-refractivity contribution in [2.24, 2.45) is 0 Å². The number of anilines is 1. The fourth-order valence-electron chi connectivity index (χ4n) is 2.20. The number of ether oxygens (including phenoxy) is 1. The molecule has 0 radical (unpaired) electrons. The number of thiazole rings is 1. The first-order chi connectivity index (χ1) is 11.9. The van der Waals surface area contributed by atoms with Crippen molar-refractivity contribution >= 4 is 52.1 Å². The zero-order valence-electron chi connectivity index (χ0n) is 13.6. The molecule has 0 fully saturated rings. The number of esters is 1. The lowest BCUT2D eigenvalue weighted by atomic mass is 10.0. The first-order valence-electron chi connectivity index (χ1n) is 7.36. The third-order valence-corrected chi connectivity index (χ3v) is 4.81. The lowest BCUT2D eigenvalue weighted by Crippen LogP contribution is -2.42. The van der Waals surface area contributed by atoms with Gasteiger partial charge >= 0.3 is 5.97 Å². The number of nitrogens with one attached hydrogen (secondary N) is 2. The van der Waals surface area contributed by atoms with E-state index in [-0.39, 0.29) is 12.3 Å². The van der Waals surface area contributed by atoms with Gasteiger partial charge in [-0.05, 0) is 23.8 Å². The lowest BCUT2D eigenvalue weighted by molar-refractivity contribution is -0.144. The second-order valence-electron chi connectivity index (χ2n) is 5.22. The molecule has 9 heteroatoms. The van der Waals surface area contributed by atoms with Crippen molar-refractivity contribution in [2.75, 3.05) is 12.4 Å². The van der Waals surface area contributed by atoms with Crippen LogP contribution in [0.5, 0.6) is 0 Å². The predicted octanol–water partition coefficient (Wildman–Crippen LogP) is 3.28. The summed E-state index contributed by atoms with van der Waals surface area (Å²) in [5.74, 6) is -0.841. The quantitative estimate of drug-likeness (QED) is 0.695. The average molecular weight is 402 g/mol. The molecule has 1 amide bonds. The van der Waals surface area contributed by atoms with Crippen LogP contribution in [0.15, 0.2) is 24.4 Å². The number of rotatable bonds is 7. The summed E-state index contributed by atoms with van der Waals surface area (Å²) in [6, 6.07) is 4.61. The Labute approximate surface area is 159 Å². The summed E-state index contributed by atoms with van der Waals surface area (Å²) in [5.41, 5.74) is 1.55. The molecule has 25 heavy (non-hydrogen) atoms. The van der Waals surface area contributed by atoms with Gasteiger partial charge in [0.15, 0.2) is 4.47 Å². The molecule has 0 saturated carbocycles. The Balaban J connectivity index is 2.11. The van der Waals surface area contributed by atoms with Crippen LogP contribution in [0.4, 0.5) is 5.69 Å². The SMILES string of the molecule is COC(=O)C(Cc1cc(NCc2cnc(Cl)s2)ccc1Cl)NC(C)=O. The molecule has 0 spiro atoms. The maximum Gasteiger partial charge on any atom is 0.328 e. The van der Waals surface area contributed by atoms with Crippen molar-refractivity contribution in [1.82, 2.24) is 10.3 Å². The van der Waals surface area contributed by atoms with Crippen LogP contribution in [0.25, 0.3) is 0 Å². The molecule has 0 aliphatic carbocycles. The number of nitrogens with zero attached hydrogens (tertiary/aromatic N) is 1. The van der Waals surface area contributed by atoms with Crippen molar-refractivity contribution in [3.63, 3.8) is 0 Å². The summed E-state index contributed by atoms with van der Waals surface area (Å²) in [4.78, 5) is 28.1. The second-order valence-corrected chi connectivity index (χ2v) is 7.32. The van der Waals surface area contributed by atoms with Crippen LogP contribution in [0.3, 0.4) is 0 Å². The normalized spacial score (nSPS) is 11.7. The number of amides is 1. The van der Waals surface area contributed by atoms with E-state index in [2.05, 4.69) is 15.6 Å². The number of methoxy groups -OCH3 is 1. The van der Waals surface area contributed by atoms with Gasteiger partial charge in [-0.1, -0.05) is 23.2 Å². The van der Waals surface area contributed by atoms with Gasteiger partial charge in [-0.2, -0.15) is 0 Å². The summed E-state index contributed by atoms with van der Waals surface area (Å²) in [6.07, 6.45) is 1.94. The standard InChI is InChI=1S/C16H17Cl2N3O3S/c1-9(22)21-14(15(23)24-2)6-10-5-11(3-4-13(10)17)19-7-12-8-20-16(18)25-12/h3-5,8,14,19H,6-7H2,1-2H3,(H,21,22). The van der Waals surface area contributed by atoms with Crippen LogP contribution < -0.4 is 10.6 Å². The maximum atomic E-state index is 11.8. The van der Waals surface area contributed by atoms with E-state index in [0.29, 0.717) is 16.0 Å². The van der Waals surface area contributed by atoms with Gasteiger partial charge in [-0.3, -0.25) is 4.79 Å². The van der Waals surface area contributed by atoms with Gasteiger partial charge in [-0.25, -0.2) is 9.78 Å². The van der Waals surface area contributed by atoms with Gasteiger partial charge in [0.1, 0.15) is 6.04 Å². The van der Waals surface area contributed by atoms with Crippen molar-refractivity contribution in [1.29, 1.82) is 0 Å². The van der Waals surface area contributed by atoms with Crippen LogP contribution in [0.1, 0.15) is 17.4 Å². The van der Waals surface area contributed by atoms with Crippen molar-refractivity contribution in [3.05, 3.63) is 44.3 Å². The molecule has 2 rings (SSSR count). The van der Waals surface area contributed by atoms with Gasteiger partial charge in [0.05, 0.1) is 13.7 Å². The van der Waals surface area contributed by atoms with Crippen molar-refractivity contribution in [2.45, 2.75) is 25.9 Å². The van der Waals surface area contributed by atoms with E-state index < -0.39 is 12.0 Å². The average Bonchev–Trinajstić information content (AvgIpc) is 2.99. The highest BCUT2D eigenvalue weighted by Crippen LogP contribution is 2.24. The van der Waals surface area contributed by atoms with E-state index >= 15 is 0 Å². The highest BCUT2D eigenvalue weighted by Gasteiger charge is 2.21. The van der Waals surface area contributed by atoms with Gasteiger partial charge in [0.2, 0.25) is 5.91 Å². The second kappa shape index (κ2) is 9.03. The highest BCUT2D eigenvalue weighted by atomic mass is 35.5. The first-order valence-corrected chi connectivity index (χ1v) is 8.93. The molecule has 1 unspecified atom stereocenters. The molecule has 1 aromatic heterocycles. The largest absolute Gasteiger partial charge is 0.467 e. The molecule has 0 saturated heterocycles. The lowest BCUT2D eigenvalue weighted by Gasteiger charge is -2.17. The number of halogens is 2. The summed E-state index contributed by atoms with van der Waals surface area (Å²) < 4.78 is 5.22. The van der Waals surface area contributed by atoms with Crippen LogP contribution in [-0.4, -0.2) is 30.0 Å². The zero-order chi connectivity index (χ0) is 18.4. The molecule has 0 aliphatic heterocycles. The number of hydrogen-bond acceptors (Lipinski definition) is 6. The van der Waals surface area contributed by atoms with E-state index in [1.807, 2.05) is 12.1 Å². The van der Waals surface area contributed by atoms with E-state index in [1.165, 1.54) is 25.4 Å². The molecule has 0 bridgehead atoms. The Morgan fingerprint density at radius 2 is 2.12 bits per heavy atom. The number of hydrogen-bond donors (Lipinski definition) is 2. The third kappa shape index (κ3) is 5.88. The van der Waals surface area contributed by atoms with Crippen LogP contribution >= 0.6 is 34.5 Å². The Bertz CT molecular complexity index is 767. The first kappa shape index (κ1) is 19.5. The van der Waals surface area contributed by atoms with E-state index in [0.717, 1.165) is 16.1 Å². The predicted molar refractivity (Wildman–Crippen MR) is 99.2 cm³/mol. The summed E-state index contributed by atoms with van der Waals surface area (Å²) in [5, 5.41) is 6.33. The Morgan fingerprint density at radius 3 is 2.72 bits per heavy atom. The van der Waals surface area contributed by atoms with E-state index in [1.54, 1.807) is 12.3 Å². The number of carbonyl (C=O) groups is 2. The molecule has 1 aromatic carbocycles.